The summed E-state index contributed by atoms with van der Waals surface area (Å²) in [6.07, 6.45) is 0. The molecule has 0 radical (unpaired) electrons. The maximum absolute atomic E-state index is 5.32. The van der Waals surface area contributed by atoms with E-state index in [2.05, 4.69) is 48.5 Å². The Balaban J connectivity index is 1.82. The van der Waals surface area contributed by atoms with Gasteiger partial charge in [0.05, 0.1) is 18.5 Å². The van der Waals surface area contributed by atoms with E-state index >= 15 is 0 Å². The second-order valence-corrected chi connectivity index (χ2v) is 8.13. The lowest BCUT2D eigenvalue weighted by molar-refractivity contribution is 0.414. The highest BCUT2D eigenvalue weighted by atomic mass is 32.2. The molecule has 26 heavy (non-hydrogen) atoms. The fourth-order valence-electron chi connectivity index (χ4n) is 2.86. The van der Waals surface area contributed by atoms with E-state index in [0.717, 1.165) is 11.5 Å². The van der Waals surface area contributed by atoms with Gasteiger partial charge >= 0.3 is 0 Å². The number of ether oxygens (including phenoxy) is 2. The molecule has 0 aromatic heterocycles. The van der Waals surface area contributed by atoms with Gasteiger partial charge in [-0.3, -0.25) is 0 Å². The molecule has 4 rings (SSSR count). The maximum Gasteiger partial charge on any atom is 0.118 e. The molecule has 0 unspecified atom stereocenters. The van der Waals surface area contributed by atoms with Crippen molar-refractivity contribution in [2.45, 2.75) is 9.79 Å². The van der Waals surface area contributed by atoms with E-state index in [1.165, 1.54) is 30.7 Å². The average molecular weight is 379 g/mol. The van der Waals surface area contributed by atoms with E-state index in [9.17, 15) is 0 Å². The summed E-state index contributed by atoms with van der Waals surface area (Å²) < 4.78 is 11.9. The van der Waals surface area contributed by atoms with E-state index < -0.39 is 0 Å². The summed E-state index contributed by atoms with van der Waals surface area (Å²) in [5, 5.41) is 0. The van der Waals surface area contributed by atoms with Crippen molar-refractivity contribution < 1.29 is 9.47 Å². The zero-order chi connectivity index (χ0) is 17.9. The van der Waals surface area contributed by atoms with E-state index in [1.54, 1.807) is 14.2 Å². The molecule has 1 heterocycles. The number of hydrogen-bond donors (Lipinski definition) is 0. The first kappa shape index (κ1) is 17.1. The number of methoxy groups -OCH3 is 2. The summed E-state index contributed by atoms with van der Waals surface area (Å²) >= 11 is 3.67. The second kappa shape index (κ2) is 7.52. The van der Waals surface area contributed by atoms with Crippen molar-refractivity contribution in [2.75, 3.05) is 14.2 Å². The molecule has 3 aromatic carbocycles. The topological polar surface area (TPSA) is 18.5 Å². The van der Waals surface area contributed by atoms with Crippen LogP contribution >= 0.6 is 23.5 Å². The number of rotatable bonds is 4. The predicted octanol–water partition coefficient (Wildman–Crippen LogP) is 6.32. The van der Waals surface area contributed by atoms with Gasteiger partial charge in [-0.25, -0.2) is 0 Å². The molecule has 0 N–H and O–H groups in total. The molecule has 0 fully saturated rings. The van der Waals surface area contributed by atoms with Crippen LogP contribution in [0.4, 0.5) is 0 Å². The zero-order valence-corrected chi connectivity index (χ0v) is 16.2. The zero-order valence-electron chi connectivity index (χ0n) is 14.6. The van der Waals surface area contributed by atoms with Crippen LogP contribution in [0.15, 0.2) is 86.8 Å². The van der Waals surface area contributed by atoms with Crippen molar-refractivity contribution in [1.82, 2.24) is 0 Å². The fourth-order valence-corrected chi connectivity index (χ4v) is 5.52. The molecular weight excluding hydrogens is 360 g/mol. The Kier molecular flexibility index (Phi) is 4.96. The molecule has 0 spiro atoms. The minimum absolute atomic E-state index is 0.864. The molecule has 1 aliphatic rings. The summed E-state index contributed by atoms with van der Waals surface area (Å²) in [6.45, 7) is 0. The normalized spacial score (nSPS) is 12.6. The predicted molar refractivity (Wildman–Crippen MR) is 110 cm³/mol. The largest absolute Gasteiger partial charge is 0.497 e. The molecule has 0 saturated carbocycles. The minimum atomic E-state index is 0.864. The molecule has 2 nitrogen and oxygen atoms in total. The number of hydrogen-bond acceptors (Lipinski definition) is 4. The van der Waals surface area contributed by atoms with Crippen molar-refractivity contribution in [1.29, 1.82) is 0 Å². The molecule has 0 aliphatic carbocycles. The van der Waals surface area contributed by atoms with Crippen LogP contribution in [0.25, 0.3) is 5.57 Å². The highest BCUT2D eigenvalue weighted by molar-refractivity contribution is 8.25. The van der Waals surface area contributed by atoms with Gasteiger partial charge in [0.1, 0.15) is 11.5 Å². The van der Waals surface area contributed by atoms with Crippen LogP contribution in [0.3, 0.4) is 0 Å². The third kappa shape index (κ3) is 3.35. The lowest BCUT2D eigenvalue weighted by atomic mass is 9.99. The maximum atomic E-state index is 5.32. The van der Waals surface area contributed by atoms with Gasteiger partial charge in [-0.1, -0.05) is 59.9 Å². The van der Waals surface area contributed by atoms with Crippen molar-refractivity contribution >= 4 is 29.1 Å². The highest BCUT2D eigenvalue weighted by Crippen LogP contribution is 2.54. The molecule has 0 saturated heterocycles. The number of fused-ring (bicyclic) bond motifs is 1. The third-order valence-electron chi connectivity index (χ3n) is 4.22. The monoisotopic (exact) mass is 378 g/mol. The van der Waals surface area contributed by atoms with Crippen LogP contribution in [0.1, 0.15) is 11.1 Å². The molecule has 130 valence electrons. The van der Waals surface area contributed by atoms with E-state index in [-0.39, 0.29) is 0 Å². The van der Waals surface area contributed by atoms with Crippen LogP contribution in [0.5, 0.6) is 11.5 Å². The molecule has 0 bridgehead atoms. The van der Waals surface area contributed by atoms with Gasteiger partial charge < -0.3 is 9.47 Å². The summed E-state index contributed by atoms with van der Waals surface area (Å²) in [5.74, 6) is 1.73. The van der Waals surface area contributed by atoms with Gasteiger partial charge in [0.2, 0.25) is 0 Å². The van der Waals surface area contributed by atoms with Crippen LogP contribution in [0.2, 0.25) is 0 Å². The van der Waals surface area contributed by atoms with Crippen molar-refractivity contribution in [3.05, 3.63) is 88.2 Å². The van der Waals surface area contributed by atoms with Gasteiger partial charge in [-0.15, -0.1) is 0 Å². The second-order valence-electron chi connectivity index (χ2n) is 5.77. The standard InChI is InChI=1S/C22H18O2S2/c1-23-17-11-7-15(8-12-17)21(16-9-13-18(24-2)14-10-16)22-25-19-5-3-4-6-20(19)26-22/h3-14H,1-2H3. The van der Waals surface area contributed by atoms with Crippen LogP contribution in [0, 0.1) is 0 Å². The van der Waals surface area contributed by atoms with Gasteiger partial charge in [-0.05, 0) is 47.5 Å². The lowest BCUT2D eigenvalue weighted by Gasteiger charge is -2.13. The van der Waals surface area contributed by atoms with Gasteiger partial charge in [0.25, 0.3) is 0 Å². The first-order valence-corrected chi connectivity index (χ1v) is 9.89. The van der Waals surface area contributed by atoms with Crippen LogP contribution in [-0.2, 0) is 0 Å². The summed E-state index contributed by atoms with van der Waals surface area (Å²) in [4.78, 5) is 2.62. The van der Waals surface area contributed by atoms with Crippen LogP contribution < -0.4 is 9.47 Å². The Morgan fingerprint density at radius 2 is 1.04 bits per heavy atom. The average Bonchev–Trinajstić information content (AvgIpc) is 3.13. The lowest BCUT2D eigenvalue weighted by Crippen LogP contribution is -1.92. The highest BCUT2D eigenvalue weighted by Gasteiger charge is 2.22. The first-order valence-electron chi connectivity index (χ1n) is 8.26. The Bertz CT molecular complexity index is 868. The third-order valence-corrected chi connectivity index (χ3v) is 6.78. The SMILES string of the molecule is COc1ccc(C(=C2Sc3ccccc3S2)c2ccc(OC)cc2)cc1. The van der Waals surface area contributed by atoms with Gasteiger partial charge in [-0.2, -0.15) is 0 Å². The molecule has 1 aliphatic heterocycles. The fraction of sp³-hybridized carbons (Fsp3) is 0.0909. The molecule has 0 amide bonds. The van der Waals surface area contributed by atoms with E-state index in [0.29, 0.717) is 0 Å². The molecular formula is C22H18O2S2. The Morgan fingerprint density at radius 3 is 1.42 bits per heavy atom. The van der Waals surface area contributed by atoms with Crippen molar-refractivity contribution in [3.8, 4) is 11.5 Å². The minimum Gasteiger partial charge on any atom is -0.497 e. The van der Waals surface area contributed by atoms with E-state index in [1.807, 2.05) is 47.8 Å². The van der Waals surface area contributed by atoms with Crippen molar-refractivity contribution in [3.63, 3.8) is 0 Å². The molecule has 3 aromatic rings. The summed E-state index contributed by atoms with van der Waals surface area (Å²) in [7, 11) is 3.38. The Hall–Kier alpha value is -2.30. The van der Waals surface area contributed by atoms with Gasteiger partial charge in [0.15, 0.2) is 0 Å². The Labute approximate surface area is 162 Å². The number of thioether (sulfide) groups is 2. The molecule has 4 heteroatoms. The molecule has 0 atom stereocenters. The van der Waals surface area contributed by atoms with E-state index in [4.69, 9.17) is 9.47 Å². The van der Waals surface area contributed by atoms with Gasteiger partial charge in [0, 0.05) is 15.4 Å². The summed E-state index contributed by atoms with van der Waals surface area (Å²) in [5.41, 5.74) is 3.60. The number of benzene rings is 3. The van der Waals surface area contributed by atoms with Crippen LogP contribution in [-0.4, -0.2) is 14.2 Å². The smallest absolute Gasteiger partial charge is 0.118 e. The quantitative estimate of drug-likeness (QED) is 0.529. The van der Waals surface area contributed by atoms with Crippen molar-refractivity contribution in [2.24, 2.45) is 0 Å². The first-order chi connectivity index (χ1) is 12.8. The Morgan fingerprint density at radius 1 is 0.615 bits per heavy atom. The summed E-state index contributed by atoms with van der Waals surface area (Å²) in [6, 6.07) is 25.1.